The fourth-order valence-electron chi connectivity index (χ4n) is 2.12. The highest BCUT2D eigenvalue weighted by atomic mass is 35.5. The van der Waals surface area contributed by atoms with E-state index in [-0.39, 0.29) is 38.7 Å². The van der Waals surface area contributed by atoms with Crippen molar-refractivity contribution in [2.75, 3.05) is 11.1 Å². The van der Waals surface area contributed by atoms with Gasteiger partial charge in [0, 0.05) is 12.1 Å². The summed E-state index contributed by atoms with van der Waals surface area (Å²) in [5.74, 6) is -0.597. The average Bonchev–Trinajstić information content (AvgIpc) is 3.10. The molecule has 0 bridgehead atoms. The second-order valence-electron chi connectivity index (χ2n) is 5.20. The number of benzene rings is 2. The zero-order valence-electron chi connectivity index (χ0n) is 13.5. The van der Waals surface area contributed by atoms with Gasteiger partial charge in [-0.25, -0.2) is 9.37 Å². The van der Waals surface area contributed by atoms with Crippen molar-refractivity contribution >= 4 is 40.6 Å². The summed E-state index contributed by atoms with van der Waals surface area (Å²) < 4.78 is 13.7. The van der Waals surface area contributed by atoms with Gasteiger partial charge in [0.25, 0.3) is 5.69 Å². The van der Waals surface area contributed by atoms with Crippen LogP contribution in [0.4, 0.5) is 15.8 Å². The number of nitro groups is 1. The lowest BCUT2D eigenvalue weighted by Crippen LogP contribution is -2.14. The Hall–Kier alpha value is -2.98. The molecule has 0 aliphatic rings. The molecule has 0 atom stereocenters. The van der Waals surface area contributed by atoms with Gasteiger partial charge in [0.1, 0.15) is 5.82 Å². The number of hydrogen-bond donors (Lipinski definition) is 2. The molecule has 1 amide bonds. The summed E-state index contributed by atoms with van der Waals surface area (Å²) in [6, 6.07) is 9.87. The van der Waals surface area contributed by atoms with E-state index in [1.54, 1.807) is 18.2 Å². The summed E-state index contributed by atoms with van der Waals surface area (Å²) >= 11 is 6.97. The second-order valence-corrected chi connectivity index (χ2v) is 6.55. The van der Waals surface area contributed by atoms with Crippen molar-refractivity contribution in [2.24, 2.45) is 0 Å². The number of nitro benzene ring substituents is 1. The number of carbonyl (C=O) groups is 1. The average molecular weight is 408 g/mol. The molecule has 138 valence electrons. The number of nitrogens with zero attached hydrogens (tertiary/aromatic N) is 3. The maximum Gasteiger partial charge on any atom is 0.271 e. The molecule has 3 rings (SSSR count). The SMILES string of the molecule is O=C(CSc1n[nH]c(-c2ccccc2F)n1)Nc1ccc([N+](=O)[O-])cc1Cl. The third kappa shape index (κ3) is 4.60. The molecule has 0 unspecified atom stereocenters. The first-order valence-electron chi connectivity index (χ1n) is 7.48. The largest absolute Gasteiger partial charge is 0.324 e. The summed E-state index contributed by atoms with van der Waals surface area (Å²) in [6.07, 6.45) is 0. The van der Waals surface area contributed by atoms with Crippen molar-refractivity contribution in [1.82, 2.24) is 15.2 Å². The first kappa shape index (κ1) is 18.8. The summed E-state index contributed by atoms with van der Waals surface area (Å²) in [7, 11) is 0. The zero-order chi connectivity index (χ0) is 19.4. The molecule has 0 spiro atoms. The van der Waals surface area contributed by atoms with Crippen molar-refractivity contribution in [3.63, 3.8) is 0 Å². The third-order valence-electron chi connectivity index (χ3n) is 3.36. The van der Waals surface area contributed by atoms with Gasteiger partial charge in [-0.3, -0.25) is 20.0 Å². The van der Waals surface area contributed by atoms with E-state index in [1.807, 2.05) is 0 Å². The lowest BCUT2D eigenvalue weighted by molar-refractivity contribution is -0.384. The Kier molecular flexibility index (Phi) is 5.67. The van der Waals surface area contributed by atoms with E-state index >= 15 is 0 Å². The minimum absolute atomic E-state index is 0.0259. The van der Waals surface area contributed by atoms with Gasteiger partial charge >= 0.3 is 0 Å². The Morgan fingerprint density at radius 1 is 1.33 bits per heavy atom. The summed E-state index contributed by atoms with van der Waals surface area (Å²) in [5.41, 5.74) is 0.364. The molecule has 8 nitrogen and oxygen atoms in total. The fourth-order valence-corrected chi connectivity index (χ4v) is 2.94. The van der Waals surface area contributed by atoms with Crippen LogP contribution in [0.5, 0.6) is 0 Å². The molecule has 0 aliphatic carbocycles. The minimum Gasteiger partial charge on any atom is -0.324 e. The summed E-state index contributed by atoms with van der Waals surface area (Å²) in [4.78, 5) is 26.3. The van der Waals surface area contributed by atoms with Gasteiger partial charge in [-0.2, -0.15) is 0 Å². The van der Waals surface area contributed by atoms with E-state index in [9.17, 15) is 19.3 Å². The van der Waals surface area contributed by atoms with Crippen molar-refractivity contribution < 1.29 is 14.1 Å². The molecule has 1 aromatic heterocycles. The molecule has 2 N–H and O–H groups in total. The van der Waals surface area contributed by atoms with Crippen LogP contribution in [0.3, 0.4) is 0 Å². The van der Waals surface area contributed by atoms with E-state index in [1.165, 1.54) is 18.2 Å². The van der Waals surface area contributed by atoms with Gasteiger partial charge in [-0.15, -0.1) is 5.10 Å². The highest BCUT2D eigenvalue weighted by Crippen LogP contribution is 2.27. The van der Waals surface area contributed by atoms with Gasteiger partial charge in [0.15, 0.2) is 5.82 Å². The first-order chi connectivity index (χ1) is 12.9. The lowest BCUT2D eigenvalue weighted by atomic mass is 10.2. The molecule has 0 saturated carbocycles. The summed E-state index contributed by atoms with van der Waals surface area (Å²) in [5, 5.41) is 20.1. The van der Waals surface area contributed by atoms with Crippen LogP contribution in [-0.4, -0.2) is 31.8 Å². The van der Waals surface area contributed by atoms with E-state index in [0.29, 0.717) is 0 Å². The van der Waals surface area contributed by atoms with Crippen molar-refractivity contribution in [3.8, 4) is 11.4 Å². The van der Waals surface area contributed by atoms with Gasteiger partial charge in [-0.1, -0.05) is 35.5 Å². The molecule has 1 heterocycles. The van der Waals surface area contributed by atoms with E-state index in [0.717, 1.165) is 17.8 Å². The molecule has 2 aromatic carbocycles. The summed E-state index contributed by atoms with van der Waals surface area (Å²) in [6.45, 7) is 0. The van der Waals surface area contributed by atoms with Gasteiger partial charge in [0.05, 0.1) is 26.9 Å². The number of hydrogen-bond acceptors (Lipinski definition) is 6. The maximum atomic E-state index is 13.7. The highest BCUT2D eigenvalue weighted by molar-refractivity contribution is 7.99. The molecule has 0 fully saturated rings. The number of carbonyl (C=O) groups excluding carboxylic acids is 1. The van der Waals surface area contributed by atoms with E-state index in [4.69, 9.17) is 11.6 Å². The maximum absolute atomic E-state index is 13.7. The number of nitrogens with one attached hydrogen (secondary N) is 2. The Balaban J connectivity index is 1.60. The van der Waals surface area contributed by atoms with Crippen LogP contribution in [-0.2, 0) is 4.79 Å². The number of thioether (sulfide) groups is 1. The highest BCUT2D eigenvalue weighted by Gasteiger charge is 2.14. The quantitative estimate of drug-likeness (QED) is 0.364. The molecule has 3 aromatic rings. The van der Waals surface area contributed by atoms with Crippen LogP contribution in [0.15, 0.2) is 47.6 Å². The number of aromatic amines is 1. The van der Waals surface area contributed by atoms with Gasteiger partial charge in [-0.05, 0) is 18.2 Å². The first-order valence-corrected chi connectivity index (χ1v) is 8.84. The van der Waals surface area contributed by atoms with Crippen molar-refractivity contribution in [2.45, 2.75) is 5.16 Å². The molecular weight excluding hydrogens is 397 g/mol. The Morgan fingerprint density at radius 2 is 2.11 bits per heavy atom. The second kappa shape index (κ2) is 8.14. The van der Waals surface area contributed by atoms with Crippen LogP contribution < -0.4 is 5.32 Å². The lowest BCUT2D eigenvalue weighted by Gasteiger charge is -2.06. The van der Waals surface area contributed by atoms with Gasteiger partial charge < -0.3 is 5.32 Å². The normalized spacial score (nSPS) is 10.6. The number of amides is 1. The number of halogens is 2. The van der Waals surface area contributed by atoms with Crippen molar-refractivity contribution in [1.29, 1.82) is 0 Å². The molecule has 27 heavy (non-hydrogen) atoms. The number of non-ortho nitro benzene ring substituents is 1. The molecule has 0 radical (unpaired) electrons. The topological polar surface area (TPSA) is 114 Å². The molecule has 0 saturated heterocycles. The molecule has 11 heteroatoms. The van der Waals surface area contributed by atoms with Crippen molar-refractivity contribution in [3.05, 3.63) is 63.4 Å². The van der Waals surface area contributed by atoms with E-state index < -0.39 is 16.6 Å². The minimum atomic E-state index is -0.580. The number of anilines is 1. The van der Waals surface area contributed by atoms with Crippen LogP contribution >= 0.6 is 23.4 Å². The standard InChI is InChI=1S/C16H11ClFN5O3S/c17-11-7-9(23(25)26)5-6-13(11)19-14(24)8-27-16-20-15(21-22-16)10-3-1-2-4-12(10)18/h1-7H,8H2,(H,19,24)(H,20,21,22). The number of H-pyrrole nitrogens is 1. The van der Waals surface area contributed by atoms with Crippen LogP contribution in [0.1, 0.15) is 0 Å². The number of rotatable bonds is 6. The Morgan fingerprint density at radius 3 is 2.81 bits per heavy atom. The van der Waals surface area contributed by atoms with Gasteiger partial charge in [0.2, 0.25) is 11.1 Å². The third-order valence-corrected chi connectivity index (χ3v) is 4.52. The van der Waals surface area contributed by atoms with Crippen LogP contribution in [0.25, 0.3) is 11.4 Å². The fraction of sp³-hybridized carbons (Fsp3) is 0.0625. The zero-order valence-corrected chi connectivity index (χ0v) is 15.1. The Labute approximate surface area is 161 Å². The molecule has 0 aliphatic heterocycles. The predicted octanol–water partition coefficient (Wildman–Crippen LogP) is 3.90. The monoisotopic (exact) mass is 407 g/mol. The van der Waals surface area contributed by atoms with Crippen LogP contribution in [0, 0.1) is 15.9 Å². The van der Waals surface area contributed by atoms with E-state index in [2.05, 4.69) is 20.5 Å². The Bertz CT molecular complexity index is 1010. The number of aromatic nitrogens is 3. The predicted molar refractivity (Wildman–Crippen MR) is 99.2 cm³/mol. The smallest absolute Gasteiger partial charge is 0.271 e. The van der Waals surface area contributed by atoms with Crippen LogP contribution in [0.2, 0.25) is 5.02 Å². The molecular formula is C16H11ClFN5O3S.